The van der Waals surface area contributed by atoms with Gasteiger partial charge in [0.2, 0.25) is 41.4 Å². The van der Waals surface area contributed by atoms with Gasteiger partial charge in [-0.15, -0.1) is 0 Å². The van der Waals surface area contributed by atoms with E-state index in [2.05, 4.69) is 31.6 Å². The Morgan fingerprint density at radius 1 is 0.660 bits per heavy atom. The zero-order valence-electron chi connectivity index (χ0n) is 30.8. The number of nitrogens with two attached hydrogens (primary N) is 5. The van der Waals surface area contributed by atoms with Crippen LogP contribution in [0.25, 0.3) is 0 Å². The molecule has 0 aromatic heterocycles. The van der Waals surface area contributed by atoms with E-state index >= 15 is 0 Å². The maximum Gasteiger partial charge on any atom is 0.243 e. The van der Waals surface area contributed by atoms with Gasteiger partial charge in [-0.05, 0) is 43.1 Å². The van der Waals surface area contributed by atoms with Crippen molar-refractivity contribution in [2.24, 2.45) is 45.5 Å². The Morgan fingerprint density at radius 2 is 1.11 bits per heavy atom. The van der Waals surface area contributed by atoms with Crippen molar-refractivity contribution in [3.05, 3.63) is 35.9 Å². The minimum atomic E-state index is -1.45. The second-order valence-corrected chi connectivity index (χ2v) is 13.6. The summed E-state index contributed by atoms with van der Waals surface area (Å²) in [6.07, 6.45) is -0.0534. The van der Waals surface area contributed by atoms with E-state index in [0.717, 1.165) is 0 Å². The van der Waals surface area contributed by atoms with E-state index in [1.807, 2.05) is 27.7 Å². The molecule has 0 radical (unpaired) electrons. The third-order valence-electron chi connectivity index (χ3n) is 7.77. The van der Waals surface area contributed by atoms with Gasteiger partial charge in [-0.25, -0.2) is 0 Å². The van der Waals surface area contributed by atoms with Gasteiger partial charge in [0, 0.05) is 13.0 Å². The van der Waals surface area contributed by atoms with Crippen LogP contribution in [0.15, 0.2) is 35.3 Å². The molecule has 0 aliphatic heterocycles. The average molecular weight is 748 g/mol. The van der Waals surface area contributed by atoms with E-state index in [9.17, 15) is 38.7 Å². The number of aliphatic hydroxyl groups is 1. The minimum absolute atomic E-state index is 0.0146. The Balaban J connectivity index is 3.33. The lowest BCUT2D eigenvalue weighted by atomic mass is 9.98. The molecule has 16 N–H and O–H groups in total. The predicted octanol–water partition coefficient (Wildman–Crippen LogP) is -3.52. The number of benzene rings is 1. The minimum Gasteiger partial charge on any atom is -0.394 e. The topological polar surface area (TPSA) is 342 Å². The normalized spacial score (nSPS) is 14.4. The summed E-state index contributed by atoms with van der Waals surface area (Å²) in [6, 6.07) is 1.29. The number of aliphatic hydroxyl groups excluding tert-OH is 1. The molecular formula is C34H57N11O8. The quantitative estimate of drug-likeness (QED) is 0.0280. The molecule has 53 heavy (non-hydrogen) atoms. The molecule has 0 aliphatic rings. The summed E-state index contributed by atoms with van der Waals surface area (Å²) < 4.78 is 0. The van der Waals surface area contributed by atoms with Crippen molar-refractivity contribution in [2.75, 3.05) is 13.2 Å². The predicted molar refractivity (Wildman–Crippen MR) is 197 cm³/mol. The van der Waals surface area contributed by atoms with Crippen LogP contribution in [-0.2, 0) is 40.0 Å². The van der Waals surface area contributed by atoms with E-state index in [-0.39, 0.29) is 56.4 Å². The SMILES string of the molecule is CC(C)C[C@H](NC(=O)[C@H](CC(C)C)NC(=O)[C@@H](Cc1ccccc1)NC(=O)[C@H](N)CO)C(=O)N[C@@H](CCCN=C(N)N)C(=O)N[C@@H](CC(N)=O)C(N)=O. The average Bonchev–Trinajstić information content (AvgIpc) is 3.07. The standard InChI is InChI=1S/C34H57N11O8/c1-18(2)13-24(31(51)41-22(11-8-12-40-34(38)39)30(50)42-23(28(37)48)16-27(36)47)44-32(52)25(14-19(3)4)45-33(53)26(43-29(49)21(35)17-46)15-20-9-6-5-7-10-20/h5-7,9-10,18-19,21-26,46H,8,11-17,35H2,1-4H3,(H2,36,47)(H2,37,48)(H,41,51)(H,42,50)(H,43,49)(H,44,52)(H,45,53)(H4,38,39,40)/t21-,22+,23+,24+,25+,26-/m1/s1. The van der Waals surface area contributed by atoms with Crippen LogP contribution in [0.1, 0.15) is 65.4 Å². The zero-order valence-corrected chi connectivity index (χ0v) is 30.8. The van der Waals surface area contributed by atoms with Gasteiger partial charge in [0.1, 0.15) is 36.3 Å². The molecule has 7 amide bonds. The molecular weight excluding hydrogens is 690 g/mol. The number of rotatable bonds is 24. The van der Waals surface area contributed by atoms with Crippen molar-refractivity contribution in [3.63, 3.8) is 0 Å². The third kappa shape index (κ3) is 18.2. The van der Waals surface area contributed by atoms with Crippen molar-refractivity contribution >= 4 is 47.3 Å². The molecule has 1 aromatic carbocycles. The lowest BCUT2D eigenvalue weighted by Crippen LogP contribution is -2.60. The van der Waals surface area contributed by atoms with Gasteiger partial charge in [-0.3, -0.25) is 38.6 Å². The summed E-state index contributed by atoms with van der Waals surface area (Å²) in [6.45, 7) is 6.74. The fourth-order valence-electron chi connectivity index (χ4n) is 5.11. The smallest absolute Gasteiger partial charge is 0.243 e. The molecule has 0 bridgehead atoms. The third-order valence-corrected chi connectivity index (χ3v) is 7.77. The molecule has 0 heterocycles. The van der Waals surface area contributed by atoms with Crippen molar-refractivity contribution in [1.29, 1.82) is 0 Å². The molecule has 6 atom stereocenters. The fourth-order valence-corrected chi connectivity index (χ4v) is 5.11. The van der Waals surface area contributed by atoms with Crippen LogP contribution < -0.4 is 55.3 Å². The van der Waals surface area contributed by atoms with E-state index in [1.165, 1.54) is 0 Å². The highest BCUT2D eigenvalue weighted by atomic mass is 16.3. The maximum absolute atomic E-state index is 13.8. The first-order valence-corrected chi connectivity index (χ1v) is 17.4. The van der Waals surface area contributed by atoms with Crippen molar-refractivity contribution in [3.8, 4) is 0 Å². The van der Waals surface area contributed by atoms with E-state index in [0.29, 0.717) is 5.56 Å². The van der Waals surface area contributed by atoms with Crippen LogP contribution >= 0.6 is 0 Å². The molecule has 0 saturated carbocycles. The lowest BCUT2D eigenvalue weighted by molar-refractivity contribution is -0.135. The van der Waals surface area contributed by atoms with Crippen LogP contribution in [0.2, 0.25) is 0 Å². The molecule has 0 unspecified atom stereocenters. The fraction of sp³-hybridized carbons (Fsp3) is 0.588. The Bertz CT molecular complexity index is 1420. The summed E-state index contributed by atoms with van der Waals surface area (Å²) in [5.41, 5.74) is 27.7. The highest BCUT2D eigenvalue weighted by Crippen LogP contribution is 2.12. The van der Waals surface area contributed by atoms with E-state index < -0.39 is 90.6 Å². The highest BCUT2D eigenvalue weighted by molar-refractivity contribution is 5.97. The van der Waals surface area contributed by atoms with Gasteiger partial charge < -0.3 is 60.4 Å². The number of primary amides is 2. The summed E-state index contributed by atoms with van der Waals surface area (Å²) in [5.74, 6) is -6.10. The van der Waals surface area contributed by atoms with Crippen LogP contribution in [0.3, 0.4) is 0 Å². The molecule has 1 aromatic rings. The Labute approximate surface area is 309 Å². The van der Waals surface area contributed by atoms with Gasteiger partial charge in [0.25, 0.3) is 0 Å². The van der Waals surface area contributed by atoms with Crippen molar-refractivity contribution < 1.29 is 38.7 Å². The first-order chi connectivity index (χ1) is 24.8. The zero-order chi connectivity index (χ0) is 40.2. The number of nitrogens with one attached hydrogen (secondary N) is 5. The number of guanidine groups is 1. The number of nitrogens with zero attached hydrogens (tertiary/aromatic N) is 1. The number of hydrogen-bond donors (Lipinski definition) is 11. The highest BCUT2D eigenvalue weighted by Gasteiger charge is 2.33. The van der Waals surface area contributed by atoms with Gasteiger partial charge in [-0.1, -0.05) is 58.0 Å². The van der Waals surface area contributed by atoms with Gasteiger partial charge >= 0.3 is 0 Å². The Kier molecular flexibility index (Phi) is 20.1. The monoisotopic (exact) mass is 747 g/mol. The molecule has 19 nitrogen and oxygen atoms in total. The second kappa shape index (κ2) is 23.3. The van der Waals surface area contributed by atoms with E-state index in [1.54, 1.807) is 30.3 Å². The van der Waals surface area contributed by atoms with Gasteiger partial charge in [0.15, 0.2) is 5.96 Å². The number of carbonyl (C=O) groups is 7. The maximum atomic E-state index is 13.8. The van der Waals surface area contributed by atoms with Crippen LogP contribution in [0.5, 0.6) is 0 Å². The summed E-state index contributed by atoms with van der Waals surface area (Å²) in [7, 11) is 0. The van der Waals surface area contributed by atoms with E-state index in [4.69, 9.17) is 28.7 Å². The first kappa shape index (κ1) is 45.7. The summed E-state index contributed by atoms with van der Waals surface area (Å²) in [5, 5.41) is 22.2. The molecule has 0 saturated heterocycles. The van der Waals surface area contributed by atoms with Crippen molar-refractivity contribution in [1.82, 2.24) is 26.6 Å². The van der Waals surface area contributed by atoms with Crippen LogP contribution in [0.4, 0.5) is 0 Å². The van der Waals surface area contributed by atoms with Crippen molar-refractivity contribution in [2.45, 2.75) is 102 Å². The first-order valence-electron chi connectivity index (χ1n) is 17.4. The molecule has 1 rings (SSSR count). The molecule has 0 aliphatic carbocycles. The van der Waals surface area contributed by atoms with Crippen LogP contribution in [-0.4, -0.2) is 102 Å². The molecule has 296 valence electrons. The lowest BCUT2D eigenvalue weighted by Gasteiger charge is -2.28. The number of aliphatic imine (C=N–C) groups is 1. The second-order valence-electron chi connectivity index (χ2n) is 13.6. The van der Waals surface area contributed by atoms with Gasteiger partial charge in [-0.2, -0.15) is 0 Å². The molecule has 0 spiro atoms. The number of amides is 7. The summed E-state index contributed by atoms with van der Waals surface area (Å²) in [4.78, 5) is 94.4. The van der Waals surface area contributed by atoms with Gasteiger partial charge in [0.05, 0.1) is 13.0 Å². The van der Waals surface area contributed by atoms with Crippen LogP contribution in [0, 0.1) is 11.8 Å². The largest absolute Gasteiger partial charge is 0.394 e. The Morgan fingerprint density at radius 3 is 1.57 bits per heavy atom. The summed E-state index contributed by atoms with van der Waals surface area (Å²) >= 11 is 0. The number of hydrogen-bond acceptors (Lipinski definition) is 10. The Hall–Kier alpha value is -5.30. The number of carbonyl (C=O) groups excluding carboxylic acids is 7. The molecule has 19 heteroatoms. The molecule has 0 fully saturated rings.